The Bertz CT molecular complexity index is 2310. The van der Waals surface area contributed by atoms with E-state index in [1.54, 1.807) is 27.7 Å². The molecule has 0 radical (unpaired) electrons. The maximum Gasteiger partial charge on any atom is 0.333 e. The van der Waals surface area contributed by atoms with Gasteiger partial charge in [-0.1, -0.05) is 87.0 Å². The number of carbonyl (C=O) groups excluding carboxylic acids is 4. The third kappa shape index (κ3) is 12.7. The molecule has 0 spiro atoms. The predicted octanol–water partition coefficient (Wildman–Crippen LogP) is 11.0. The third-order valence-corrected chi connectivity index (χ3v) is 9.31. The Balaban J connectivity index is 1.48. The molecular weight excluding hydrogens is 767 g/mol. The number of Topliss-reactive ketones (excluding diaryl/α,β-unsaturated/α-hetero) is 2. The van der Waals surface area contributed by atoms with Crippen LogP contribution < -0.4 is 14.4 Å². The first-order valence-electron chi connectivity index (χ1n) is 19.5. The van der Waals surface area contributed by atoms with Crippen molar-refractivity contribution in [1.29, 1.82) is 0 Å². The van der Waals surface area contributed by atoms with Gasteiger partial charge in [0.1, 0.15) is 24.7 Å². The quantitative estimate of drug-likeness (QED) is 0.0431. The monoisotopic (exact) mass is 815 g/mol. The van der Waals surface area contributed by atoms with Crippen LogP contribution in [0.4, 0.5) is 17.1 Å². The van der Waals surface area contributed by atoms with Gasteiger partial charge in [-0.05, 0) is 139 Å². The van der Waals surface area contributed by atoms with E-state index < -0.39 is 11.9 Å². The number of nitrogens with zero attached hydrogens (tertiary/aromatic N) is 1. The zero-order valence-electron chi connectivity index (χ0n) is 35.0. The number of carbonyl (C=O) groups is 4. The van der Waals surface area contributed by atoms with Crippen molar-refractivity contribution in [2.75, 3.05) is 18.1 Å². The van der Waals surface area contributed by atoms with Gasteiger partial charge >= 0.3 is 11.9 Å². The Kier molecular flexibility index (Phi) is 15.3. The van der Waals surface area contributed by atoms with Gasteiger partial charge in [0, 0.05) is 28.2 Å². The number of ketones is 2. The molecule has 0 fully saturated rings. The van der Waals surface area contributed by atoms with Crippen molar-refractivity contribution < 1.29 is 38.1 Å². The summed E-state index contributed by atoms with van der Waals surface area (Å²) in [7, 11) is 0. The Hall–Kier alpha value is -7.52. The van der Waals surface area contributed by atoms with E-state index in [0.717, 1.165) is 50.5 Å². The fourth-order valence-electron chi connectivity index (χ4n) is 5.70. The average molecular weight is 816 g/mol. The lowest BCUT2D eigenvalue weighted by atomic mass is 9.94. The van der Waals surface area contributed by atoms with Gasteiger partial charge < -0.3 is 23.8 Å². The van der Waals surface area contributed by atoms with Crippen LogP contribution >= 0.6 is 0 Å². The van der Waals surface area contributed by atoms with E-state index >= 15 is 0 Å². The number of benzene rings is 5. The van der Waals surface area contributed by atoms with Crippen LogP contribution in [0.25, 0.3) is 11.6 Å². The second-order valence-electron chi connectivity index (χ2n) is 14.6. The summed E-state index contributed by atoms with van der Waals surface area (Å²) < 4.78 is 22.2. The summed E-state index contributed by atoms with van der Waals surface area (Å²) in [6.45, 7) is 21.2. The molecule has 0 unspecified atom stereocenters. The van der Waals surface area contributed by atoms with Crippen LogP contribution in [0.1, 0.15) is 55.5 Å². The zero-order valence-corrected chi connectivity index (χ0v) is 35.0. The molecule has 0 amide bonds. The molecule has 5 rings (SSSR count). The van der Waals surface area contributed by atoms with Crippen molar-refractivity contribution in [3.63, 3.8) is 0 Å². The normalized spacial score (nSPS) is 10.9. The number of ether oxygens (including phenoxy) is 4. The van der Waals surface area contributed by atoms with Crippen molar-refractivity contribution in [2.24, 2.45) is 0 Å². The van der Waals surface area contributed by atoms with Gasteiger partial charge in [-0.25, -0.2) is 9.59 Å². The van der Waals surface area contributed by atoms with E-state index in [4.69, 9.17) is 18.9 Å². The largest absolute Gasteiger partial charge is 0.485 e. The van der Waals surface area contributed by atoms with E-state index in [1.165, 1.54) is 0 Å². The van der Waals surface area contributed by atoms with Gasteiger partial charge in [0.05, 0.1) is 0 Å². The molecule has 310 valence electrons. The molecule has 0 saturated carbocycles. The van der Waals surface area contributed by atoms with E-state index in [-0.39, 0.29) is 38.0 Å². The smallest absolute Gasteiger partial charge is 0.333 e. The Labute approximate surface area is 357 Å². The Morgan fingerprint density at radius 2 is 0.820 bits per heavy atom. The van der Waals surface area contributed by atoms with Crippen molar-refractivity contribution in [1.82, 2.24) is 0 Å². The predicted molar refractivity (Wildman–Crippen MR) is 241 cm³/mol. The summed E-state index contributed by atoms with van der Waals surface area (Å²) in [4.78, 5) is 50.3. The Morgan fingerprint density at radius 1 is 0.475 bits per heavy atom. The number of anilines is 3. The topological polar surface area (TPSA) is 108 Å². The molecule has 0 bridgehead atoms. The maximum atomic E-state index is 12.1. The standard InChI is InChI=1S/C52H49NO8/c1-34(2)49(54)32-58-46-25-17-42(18-26-46)48(41-15-9-39(10-16-41)30-60-51(56)36(5)6)29-38-11-19-43(20-12-38)53(44-21-13-40(14-22-44)31-61-52(57)37(7)8)45-23-27-47(28-24-45)59-33-50(55)35(3)4/h9-29H,1,3,5,7,30-33H2,2,4,6,8H3. The van der Waals surface area contributed by atoms with Crippen molar-refractivity contribution in [2.45, 2.75) is 40.9 Å². The minimum Gasteiger partial charge on any atom is -0.485 e. The van der Waals surface area contributed by atoms with Crippen LogP contribution in [0, 0.1) is 0 Å². The first-order valence-corrected chi connectivity index (χ1v) is 19.5. The van der Waals surface area contributed by atoms with Crippen LogP contribution in [0.5, 0.6) is 11.5 Å². The van der Waals surface area contributed by atoms with Crippen LogP contribution in [0.15, 0.2) is 170 Å². The molecule has 0 aliphatic heterocycles. The highest BCUT2D eigenvalue weighted by Gasteiger charge is 2.15. The minimum atomic E-state index is -0.452. The van der Waals surface area contributed by atoms with Gasteiger partial charge in [0.2, 0.25) is 0 Å². The molecule has 5 aromatic carbocycles. The van der Waals surface area contributed by atoms with Gasteiger partial charge in [0.25, 0.3) is 0 Å². The molecule has 0 aliphatic rings. The molecular formula is C52H49NO8. The van der Waals surface area contributed by atoms with E-state index in [1.807, 2.05) is 121 Å². The van der Waals surface area contributed by atoms with Crippen LogP contribution in [0.3, 0.4) is 0 Å². The zero-order chi connectivity index (χ0) is 44.1. The number of rotatable bonds is 20. The van der Waals surface area contributed by atoms with E-state index in [9.17, 15) is 19.2 Å². The fraction of sp³-hybridized carbons (Fsp3) is 0.154. The average Bonchev–Trinajstić information content (AvgIpc) is 3.26. The molecule has 0 atom stereocenters. The summed E-state index contributed by atoms with van der Waals surface area (Å²) in [6, 6.07) is 38.6. The molecule has 9 heteroatoms. The first-order chi connectivity index (χ1) is 29.2. The number of hydrogen-bond acceptors (Lipinski definition) is 9. The molecule has 61 heavy (non-hydrogen) atoms. The summed E-state index contributed by atoms with van der Waals surface area (Å²) >= 11 is 0. The highest BCUT2D eigenvalue weighted by atomic mass is 16.5. The van der Waals surface area contributed by atoms with Crippen molar-refractivity contribution >= 4 is 52.2 Å². The van der Waals surface area contributed by atoms with E-state index in [2.05, 4.69) is 37.3 Å². The fourth-order valence-corrected chi connectivity index (χ4v) is 5.70. The van der Waals surface area contributed by atoms with Gasteiger partial charge in [0.15, 0.2) is 24.8 Å². The molecule has 0 saturated heterocycles. The van der Waals surface area contributed by atoms with E-state index in [0.29, 0.717) is 33.8 Å². The highest BCUT2D eigenvalue weighted by molar-refractivity contribution is 5.96. The second-order valence-corrected chi connectivity index (χ2v) is 14.6. The SMILES string of the molecule is C=C(C)C(=O)COc1ccc(C(=Cc2ccc(N(c3ccc(COC(=O)C(=C)C)cc3)c3ccc(OCC(=O)C(=C)C)cc3)cc2)c2ccc(COC(=O)C(=C)C)cc2)cc1. The summed E-state index contributed by atoms with van der Waals surface area (Å²) in [5, 5.41) is 0. The van der Waals surface area contributed by atoms with Crippen LogP contribution in [-0.2, 0) is 41.9 Å². The number of esters is 2. The highest BCUT2D eigenvalue weighted by Crippen LogP contribution is 2.36. The second kappa shape index (κ2) is 20.9. The Morgan fingerprint density at radius 3 is 1.21 bits per heavy atom. The molecule has 0 N–H and O–H groups in total. The lowest BCUT2D eigenvalue weighted by molar-refractivity contribution is -0.141. The lowest BCUT2D eigenvalue weighted by Crippen LogP contribution is -2.12. The summed E-state index contributed by atoms with van der Waals surface area (Å²) in [6.07, 6.45) is 2.09. The third-order valence-electron chi connectivity index (χ3n) is 9.31. The van der Waals surface area contributed by atoms with Gasteiger partial charge in [-0.3, -0.25) is 9.59 Å². The molecule has 0 heterocycles. The molecule has 9 nitrogen and oxygen atoms in total. The summed E-state index contributed by atoms with van der Waals surface area (Å²) in [5.74, 6) is -0.145. The number of hydrogen-bond donors (Lipinski definition) is 0. The summed E-state index contributed by atoms with van der Waals surface area (Å²) in [5.41, 5.74) is 9.41. The van der Waals surface area contributed by atoms with Gasteiger partial charge in [-0.15, -0.1) is 0 Å². The first kappa shape index (κ1) is 44.6. The van der Waals surface area contributed by atoms with Gasteiger partial charge in [-0.2, -0.15) is 0 Å². The maximum absolute atomic E-state index is 12.1. The molecule has 5 aromatic rings. The molecule has 0 aliphatic carbocycles. The molecule has 0 aromatic heterocycles. The van der Waals surface area contributed by atoms with Crippen molar-refractivity contribution in [3.05, 3.63) is 198 Å². The minimum absolute atomic E-state index is 0.0957. The van der Waals surface area contributed by atoms with Crippen LogP contribution in [0.2, 0.25) is 0 Å². The van der Waals surface area contributed by atoms with Crippen LogP contribution in [-0.4, -0.2) is 36.7 Å². The van der Waals surface area contributed by atoms with Crippen molar-refractivity contribution in [3.8, 4) is 11.5 Å². The lowest BCUT2D eigenvalue weighted by Gasteiger charge is -2.26.